The molecule has 0 amide bonds. The highest BCUT2D eigenvalue weighted by molar-refractivity contribution is 5.78. The van der Waals surface area contributed by atoms with Crippen LogP contribution < -0.4 is 5.32 Å². The van der Waals surface area contributed by atoms with Crippen LogP contribution in [0.4, 0.5) is 0 Å². The van der Waals surface area contributed by atoms with E-state index in [0.717, 1.165) is 0 Å². The van der Waals surface area contributed by atoms with Gasteiger partial charge in [-0.3, -0.25) is 4.98 Å². The van der Waals surface area contributed by atoms with E-state index in [1.807, 2.05) is 25.5 Å². The Morgan fingerprint density at radius 3 is 3.08 bits per heavy atom. The van der Waals surface area contributed by atoms with Crippen LogP contribution in [-0.2, 0) is 0 Å². The van der Waals surface area contributed by atoms with Crippen molar-refractivity contribution in [1.82, 2.24) is 14.9 Å². The second-order valence-corrected chi connectivity index (χ2v) is 3.12. The molecular formula is C10H13N3. The molecular weight excluding hydrogens is 162 g/mol. The molecule has 13 heavy (non-hydrogen) atoms. The van der Waals surface area contributed by atoms with Gasteiger partial charge >= 0.3 is 0 Å². The topological polar surface area (TPSA) is 29.9 Å². The van der Waals surface area contributed by atoms with E-state index in [9.17, 15) is 0 Å². The van der Waals surface area contributed by atoms with Crippen LogP contribution in [0.2, 0.25) is 0 Å². The van der Waals surface area contributed by atoms with Gasteiger partial charge in [-0.2, -0.15) is 0 Å². The van der Waals surface area contributed by atoms with Gasteiger partial charge in [-0.1, -0.05) is 0 Å². The molecule has 0 aromatic carbocycles. The Labute approximate surface area is 77.4 Å². The largest absolute Gasteiger partial charge is 0.330 e. The third kappa shape index (κ3) is 1.31. The predicted molar refractivity (Wildman–Crippen MR) is 53.5 cm³/mol. The van der Waals surface area contributed by atoms with Crippen molar-refractivity contribution in [2.45, 2.75) is 13.1 Å². The molecule has 0 aliphatic carbocycles. The van der Waals surface area contributed by atoms with Gasteiger partial charge in [-0.25, -0.2) is 0 Å². The maximum atomic E-state index is 4.11. The molecule has 2 rings (SSSR count). The molecule has 0 aliphatic rings. The molecule has 1 unspecified atom stereocenters. The lowest BCUT2D eigenvalue weighted by molar-refractivity contribution is 0.491. The molecule has 0 fully saturated rings. The standard InChI is InChI=1S/C10H13N3/c1-8(11-2)13-6-4-9-3-5-12-7-10(9)13/h3-8,11H,1-2H3. The minimum absolute atomic E-state index is 0.307. The normalized spacial score (nSPS) is 13.4. The lowest BCUT2D eigenvalue weighted by Crippen LogP contribution is -2.18. The molecule has 0 saturated carbocycles. The van der Waals surface area contributed by atoms with Gasteiger partial charge in [0.1, 0.15) is 0 Å². The molecule has 1 N–H and O–H groups in total. The monoisotopic (exact) mass is 175 g/mol. The Bertz CT molecular complexity index is 405. The molecule has 1 atom stereocenters. The van der Waals surface area contributed by atoms with Crippen molar-refractivity contribution in [3.63, 3.8) is 0 Å². The molecule has 3 nitrogen and oxygen atoms in total. The molecule has 2 aromatic rings. The van der Waals surface area contributed by atoms with Gasteiger partial charge in [-0.15, -0.1) is 0 Å². The number of nitrogens with zero attached hydrogens (tertiary/aromatic N) is 2. The van der Waals surface area contributed by atoms with Crippen molar-refractivity contribution in [2.75, 3.05) is 7.05 Å². The zero-order chi connectivity index (χ0) is 9.26. The first kappa shape index (κ1) is 8.26. The third-order valence-corrected chi connectivity index (χ3v) is 2.36. The van der Waals surface area contributed by atoms with Gasteiger partial charge in [-0.05, 0) is 26.1 Å². The number of nitrogens with one attached hydrogen (secondary N) is 1. The van der Waals surface area contributed by atoms with Crippen molar-refractivity contribution in [2.24, 2.45) is 0 Å². The Kier molecular flexibility index (Phi) is 2.02. The number of rotatable bonds is 2. The van der Waals surface area contributed by atoms with Crippen LogP contribution in [0, 0.1) is 0 Å². The molecule has 2 heterocycles. The Hall–Kier alpha value is -1.35. The van der Waals surface area contributed by atoms with E-state index in [4.69, 9.17) is 0 Å². The number of hydrogen-bond donors (Lipinski definition) is 1. The highest BCUT2D eigenvalue weighted by atomic mass is 15.1. The fraction of sp³-hybridized carbons (Fsp3) is 0.300. The summed E-state index contributed by atoms with van der Waals surface area (Å²) in [7, 11) is 1.95. The lowest BCUT2D eigenvalue weighted by Gasteiger charge is -2.13. The summed E-state index contributed by atoms with van der Waals surface area (Å²) in [6.07, 6.45) is 6.09. The van der Waals surface area contributed by atoms with E-state index in [0.29, 0.717) is 6.17 Å². The van der Waals surface area contributed by atoms with Crippen LogP contribution in [0.3, 0.4) is 0 Å². The van der Waals surface area contributed by atoms with Crippen molar-refractivity contribution in [1.29, 1.82) is 0 Å². The minimum Gasteiger partial charge on any atom is -0.330 e. The average molecular weight is 175 g/mol. The summed E-state index contributed by atoms with van der Waals surface area (Å²) in [4.78, 5) is 4.11. The van der Waals surface area contributed by atoms with Crippen molar-refractivity contribution < 1.29 is 0 Å². The number of aromatic nitrogens is 2. The number of pyridine rings is 1. The predicted octanol–water partition coefficient (Wildman–Crippen LogP) is 1.77. The average Bonchev–Trinajstić information content (AvgIpc) is 2.60. The summed E-state index contributed by atoms with van der Waals surface area (Å²) < 4.78 is 2.17. The van der Waals surface area contributed by atoms with Crippen molar-refractivity contribution >= 4 is 10.9 Å². The molecule has 0 spiro atoms. The first-order valence-corrected chi connectivity index (χ1v) is 4.41. The SMILES string of the molecule is CNC(C)n1ccc2ccncc21. The maximum absolute atomic E-state index is 4.11. The highest BCUT2D eigenvalue weighted by Crippen LogP contribution is 2.16. The van der Waals surface area contributed by atoms with Gasteiger partial charge < -0.3 is 9.88 Å². The maximum Gasteiger partial charge on any atom is 0.0809 e. The van der Waals surface area contributed by atoms with E-state index in [1.165, 1.54) is 10.9 Å². The molecule has 0 radical (unpaired) electrons. The number of fused-ring (bicyclic) bond motifs is 1. The van der Waals surface area contributed by atoms with Gasteiger partial charge in [0, 0.05) is 17.8 Å². The van der Waals surface area contributed by atoms with E-state index in [-0.39, 0.29) is 0 Å². The quantitative estimate of drug-likeness (QED) is 0.754. The summed E-state index contributed by atoms with van der Waals surface area (Å²) in [6.45, 7) is 2.12. The lowest BCUT2D eigenvalue weighted by atomic mass is 10.3. The van der Waals surface area contributed by atoms with E-state index in [1.54, 1.807) is 0 Å². The van der Waals surface area contributed by atoms with Crippen LogP contribution >= 0.6 is 0 Å². The van der Waals surface area contributed by atoms with E-state index < -0.39 is 0 Å². The second-order valence-electron chi connectivity index (χ2n) is 3.12. The van der Waals surface area contributed by atoms with Crippen LogP contribution in [0.1, 0.15) is 13.1 Å². The molecule has 0 saturated heterocycles. The van der Waals surface area contributed by atoms with Gasteiger partial charge in [0.2, 0.25) is 0 Å². The Morgan fingerprint density at radius 1 is 1.46 bits per heavy atom. The fourth-order valence-corrected chi connectivity index (χ4v) is 1.47. The zero-order valence-electron chi connectivity index (χ0n) is 7.86. The highest BCUT2D eigenvalue weighted by Gasteiger charge is 2.04. The van der Waals surface area contributed by atoms with Crippen molar-refractivity contribution in [3.05, 3.63) is 30.7 Å². The van der Waals surface area contributed by atoms with Gasteiger partial charge in [0.05, 0.1) is 17.9 Å². The van der Waals surface area contributed by atoms with E-state index in [2.05, 4.69) is 34.1 Å². The molecule has 2 aromatic heterocycles. The molecule has 0 bridgehead atoms. The van der Waals surface area contributed by atoms with Crippen molar-refractivity contribution in [3.8, 4) is 0 Å². The van der Waals surface area contributed by atoms with Gasteiger partial charge in [0.25, 0.3) is 0 Å². The Balaban J connectivity index is 2.57. The van der Waals surface area contributed by atoms with Crippen LogP contribution in [0.5, 0.6) is 0 Å². The van der Waals surface area contributed by atoms with Crippen LogP contribution in [0.25, 0.3) is 10.9 Å². The molecule has 0 aliphatic heterocycles. The minimum atomic E-state index is 0.307. The summed E-state index contributed by atoms with van der Waals surface area (Å²) >= 11 is 0. The zero-order valence-corrected chi connectivity index (χ0v) is 7.86. The van der Waals surface area contributed by atoms with Gasteiger partial charge in [0.15, 0.2) is 0 Å². The van der Waals surface area contributed by atoms with Crippen LogP contribution in [-0.4, -0.2) is 16.6 Å². The second kappa shape index (κ2) is 3.18. The first-order chi connectivity index (χ1) is 6.33. The Morgan fingerprint density at radius 2 is 2.31 bits per heavy atom. The number of hydrogen-bond acceptors (Lipinski definition) is 2. The fourth-order valence-electron chi connectivity index (χ4n) is 1.47. The molecule has 3 heteroatoms. The van der Waals surface area contributed by atoms with Crippen LogP contribution in [0.15, 0.2) is 30.7 Å². The third-order valence-electron chi connectivity index (χ3n) is 2.36. The summed E-state index contributed by atoms with van der Waals surface area (Å²) in [5, 5.41) is 4.43. The smallest absolute Gasteiger partial charge is 0.0809 e. The summed E-state index contributed by atoms with van der Waals surface area (Å²) in [5.41, 5.74) is 1.17. The first-order valence-electron chi connectivity index (χ1n) is 4.41. The molecule has 68 valence electrons. The summed E-state index contributed by atoms with van der Waals surface area (Å²) in [6, 6.07) is 4.12. The summed E-state index contributed by atoms with van der Waals surface area (Å²) in [5.74, 6) is 0. The van der Waals surface area contributed by atoms with E-state index >= 15 is 0 Å².